The summed E-state index contributed by atoms with van der Waals surface area (Å²) in [5, 5.41) is 9.02. The van der Waals surface area contributed by atoms with Crippen molar-refractivity contribution in [2.75, 3.05) is 4.90 Å². The highest BCUT2D eigenvalue weighted by Crippen LogP contribution is 2.27. The van der Waals surface area contributed by atoms with Crippen molar-refractivity contribution in [2.45, 2.75) is 19.5 Å². The van der Waals surface area contributed by atoms with Gasteiger partial charge in [0.25, 0.3) is 0 Å². The van der Waals surface area contributed by atoms with Crippen LogP contribution >= 0.6 is 0 Å². The number of halogens is 1. The first-order chi connectivity index (χ1) is 8.81. The first-order valence-electron chi connectivity index (χ1n) is 5.64. The van der Waals surface area contributed by atoms with Crippen LogP contribution in [0.4, 0.5) is 5.69 Å². The number of guanidine groups is 2. The Morgan fingerprint density at radius 2 is 2.00 bits per heavy atom. The third-order valence-electron chi connectivity index (χ3n) is 2.74. The van der Waals surface area contributed by atoms with Crippen LogP contribution in [-0.4, -0.2) is 28.7 Å². The highest BCUT2D eigenvalue weighted by atomic mass is 35.5. The lowest BCUT2D eigenvalue weighted by Gasteiger charge is -2.38. The van der Waals surface area contributed by atoms with Gasteiger partial charge in [0, 0.05) is 5.69 Å². The topological polar surface area (TPSA) is 117 Å². The number of aliphatic imine (C=N–C) groups is 2. The van der Waals surface area contributed by atoms with Crippen LogP contribution in [0.5, 0.6) is 0 Å². The molecular formula is C12H15ClN5O2-. The van der Waals surface area contributed by atoms with Gasteiger partial charge in [0.1, 0.15) is 5.66 Å². The average Bonchev–Trinajstić information content (AvgIpc) is 2.26. The zero-order valence-corrected chi connectivity index (χ0v) is 11.8. The molecule has 1 aliphatic rings. The summed E-state index contributed by atoms with van der Waals surface area (Å²) in [5.74, 6) is -0.719. The molecular weight excluding hydrogens is 282 g/mol. The molecule has 0 amide bonds. The maximum Gasteiger partial charge on any atom is 0.335 e. The van der Waals surface area contributed by atoms with Crippen LogP contribution in [0.3, 0.4) is 0 Å². The number of rotatable bonds is 2. The lowest BCUT2D eigenvalue weighted by molar-refractivity contribution is -0.0000203. The van der Waals surface area contributed by atoms with Gasteiger partial charge >= 0.3 is 5.97 Å². The molecule has 1 heterocycles. The Morgan fingerprint density at radius 3 is 2.55 bits per heavy atom. The second kappa shape index (κ2) is 5.38. The van der Waals surface area contributed by atoms with Gasteiger partial charge in [-0.3, -0.25) is 4.90 Å². The summed E-state index contributed by atoms with van der Waals surface area (Å²) in [7, 11) is 0. The number of aromatic carboxylic acids is 1. The lowest BCUT2D eigenvalue weighted by Crippen LogP contribution is -3.00. The van der Waals surface area contributed by atoms with Gasteiger partial charge in [0.05, 0.1) is 5.56 Å². The SMILES string of the molecule is CC1(C)N=C(N)N=C(N)N1c1cccc(C(=O)O)c1.[Cl-]. The quantitative estimate of drug-likeness (QED) is 0.561. The van der Waals surface area contributed by atoms with E-state index in [9.17, 15) is 4.79 Å². The molecule has 108 valence electrons. The summed E-state index contributed by atoms with van der Waals surface area (Å²) in [5.41, 5.74) is 11.5. The molecule has 0 radical (unpaired) electrons. The number of nitrogens with two attached hydrogens (primary N) is 2. The molecule has 0 aliphatic carbocycles. The van der Waals surface area contributed by atoms with Crippen LogP contribution in [0, 0.1) is 0 Å². The molecule has 0 saturated carbocycles. The normalized spacial score (nSPS) is 16.8. The van der Waals surface area contributed by atoms with E-state index in [1.807, 2.05) is 13.8 Å². The number of hydrogen-bond donors (Lipinski definition) is 3. The van der Waals surface area contributed by atoms with Crippen LogP contribution < -0.4 is 28.8 Å². The van der Waals surface area contributed by atoms with Crippen molar-refractivity contribution in [3.8, 4) is 0 Å². The predicted molar refractivity (Wildman–Crippen MR) is 73.2 cm³/mol. The van der Waals surface area contributed by atoms with Gasteiger partial charge in [0.15, 0.2) is 0 Å². The zero-order valence-electron chi connectivity index (χ0n) is 11.0. The molecule has 0 fully saturated rings. The van der Waals surface area contributed by atoms with Crippen LogP contribution in [0.1, 0.15) is 24.2 Å². The number of carboxylic acids is 1. The summed E-state index contributed by atoms with van der Waals surface area (Å²) in [6.07, 6.45) is 0. The van der Waals surface area contributed by atoms with E-state index in [4.69, 9.17) is 16.6 Å². The third-order valence-corrected chi connectivity index (χ3v) is 2.74. The molecule has 8 heteroatoms. The third kappa shape index (κ3) is 2.83. The molecule has 0 atom stereocenters. The van der Waals surface area contributed by atoms with Crippen molar-refractivity contribution >= 4 is 23.6 Å². The van der Waals surface area contributed by atoms with Gasteiger partial charge in [-0.1, -0.05) is 6.07 Å². The van der Waals surface area contributed by atoms with Gasteiger partial charge in [-0.15, -0.1) is 0 Å². The van der Waals surface area contributed by atoms with Gasteiger partial charge in [-0.25, -0.2) is 9.79 Å². The van der Waals surface area contributed by atoms with Crippen LogP contribution in [0.25, 0.3) is 0 Å². The molecule has 0 unspecified atom stereocenters. The van der Waals surface area contributed by atoms with E-state index in [0.717, 1.165) is 0 Å². The molecule has 0 aromatic heterocycles. The molecule has 20 heavy (non-hydrogen) atoms. The summed E-state index contributed by atoms with van der Waals surface area (Å²) >= 11 is 0. The fraction of sp³-hybridized carbons (Fsp3) is 0.250. The molecule has 1 aromatic rings. The van der Waals surface area contributed by atoms with E-state index < -0.39 is 11.6 Å². The van der Waals surface area contributed by atoms with Gasteiger partial charge in [0.2, 0.25) is 11.9 Å². The Hall–Kier alpha value is -2.28. The van der Waals surface area contributed by atoms with E-state index >= 15 is 0 Å². The Bertz CT molecular complexity index is 597. The highest BCUT2D eigenvalue weighted by Gasteiger charge is 2.33. The maximum atomic E-state index is 11.0. The number of hydrogen-bond acceptors (Lipinski definition) is 6. The second-order valence-electron chi connectivity index (χ2n) is 4.63. The Labute approximate surface area is 122 Å². The molecule has 0 bridgehead atoms. The van der Waals surface area contributed by atoms with E-state index in [1.165, 1.54) is 12.1 Å². The van der Waals surface area contributed by atoms with E-state index in [2.05, 4.69) is 9.98 Å². The smallest absolute Gasteiger partial charge is 0.335 e. The first kappa shape index (κ1) is 15.8. The summed E-state index contributed by atoms with van der Waals surface area (Å²) < 4.78 is 0. The first-order valence-corrected chi connectivity index (χ1v) is 5.64. The fourth-order valence-corrected chi connectivity index (χ4v) is 2.03. The minimum absolute atomic E-state index is 0. The summed E-state index contributed by atoms with van der Waals surface area (Å²) in [6.45, 7) is 3.63. The molecule has 7 nitrogen and oxygen atoms in total. The van der Waals surface area contributed by atoms with Gasteiger partial charge < -0.3 is 29.0 Å². The number of nitrogens with zero attached hydrogens (tertiary/aromatic N) is 3. The molecule has 0 saturated heterocycles. The minimum atomic E-state index is -1.00. The molecule has 2 rings (SSSR count). The van der Waals surface area contributed by atoms with Gasteiger partial charge in [-0.05, 0) is 32.0 Å². The fourth-order valence-electron chi connectivity index (χ4n) is 2.03. The maximum absolute atomic E-state index is 11.0. The van der Waals surface area contributed by atoms with Crippen LogP contribution in [-0.2, 0) is 0 Å². The van der Waals surface area contributed by atoms with Crippen LogP contribution in [0.2, 0.25) is 0 Å². The molecule has 1 aliphatic heterocycles. The van der Waals surface area contributed by atoms with Gasteiger partial charge in [-0.2, -0.15) is 4.99 Å². The van der Waals surface area contributed by atoms with Crippen molar-refractivity contribution in [3.63, 3.8) is 0 Å². The van der Waals surface area contributed by atoms with Crippen molar-refractivity contribution in [1.82, 2.24) is 0 Å². The lowest BCUT2D eigenvalue weighted by atomic mass is 10.1. The van der Waals surface area contributed by atoms with Crippen molar-refractivity contribution in [2.24, 2.45) is 21.5 Å². The van der Waals surface area contributed by atoms with Crippen molar-refractivity contribution in [3.05, 3.63) is 29.8 Å². The Morgan fingerprint density at radius 1 is 1.35 bits per heavy atom. The number of carboxylic acid groups (broad SMARTS) is 1. The number of anilines is 1. The van der Waals surface area contributed by atoms with E-state index in [0.29, 0.717) is 5.69 Å². The van der Waals surface area contributed by atoms with Crippen molar-refractivity contribution < 1.29 is 22.3 Å². The monoisotopic (exact) mass is 296 g/mol. The highest BCUT2D eigenvalue weighted by molar-refractivity contribution is 6.05. The second-order valence-corrected chi connectivity index (χ2v) is 4.63. The predicted octanol–water partition coefficient (Wildman–Crippen LogP) is -2.43. The standard InChI is InChI=1S/C12H15N5O2.ClH/c1-12(2)16-10(13)15-11(14)17(12)8-5-3-4-7(6-8)9(18)19;/h3-6H,1-2H3,(H,18,19)(H4,13,14,15,16);1H/p-1. The molecule has 1 aromatic carbocycles. The Kier molecular flexibility index (Phi) is 4.24. The Balaban J connectivity index is 0.00000200. The zero-order chi connectivity index (χ0) is 14.2. The minimum Gasteiger partial charge on any atom is -1.00 e. The summed E-state index contributed by atoms with van der Waals surface area (Å²) in [4.78, 5) is 20.8. The number of benzene rings is 1. The van der Waals surface area contributed by atoms with Crippen LogP contribution in [0.15, 0.2) is 34.3 Å². The summed E-state index contributed by atoms with van der Waals surface area (Å²) in [6, 6.07) is 6.41. The van der Waals surface area contributed by atoms with E-state index in [1.54, 1.807) is 17.0 Å². The van der Waals surface area contributed by atoms with E-state index in [-0.39, 0.29) is 29.9 Å². The largest absolute Gasteiger partial charge is 1.00 e. The molecule has 0 spiro atoms. The average molecular weight is 297 g/mol. The molecule has 5 N–H and O–H groups in total. The number of carbonyl (C=O) groups is 1. The van der Waals surface area contributed by atoms with Crippen molar-refractivity contribution in [1.29, 1.82) is 0 Å².